The third-order valence-corrected chi connectivity index (χ3v) is 3.58. The molecule has 0 bridgehead atoms. The number of amides is 2. The van der Waals surface area contributed by atoms with E-state index in [4.69, 9.17) is 10.3 Å². The number of para-hydroxylation sites is 1. The summed E-state index contributed by atoms with van der Waals surface area (Å²) in [5.74, 6) is -0.638. The molecule has 3 rings (SSSR count). The smallest absolute Gasteiger partial charge is 0.261 e. The molecule has 0 saturated carbocycles. The molecule has 0 saturated heterocycles. The zero-order valence-corrected chi connectivity index (χ0v) is 12.9. The highest BCUT2D eigenvalue weighted by molar-refractivity contribution is 6.11. The number of anilines is 1. The van der Waals surface area contributed by atoms with Crippen LogP contribution in [0.15, 0.2) is 59.1 Å². The van der Waals surface area contributed by atoms with Crippen molar-refractivity contribution in [3.8, 4) is 11.3 Å². The Morgan fingerprint density at radius 2 is 1.71 bits per heavy atom. The maximum absolute atomic E-state index is 12.7. The van der Waals surface area contributed by atoms with E-state index in [0.29, 0.717) is 22.7 Å². The number of rotatable bonds is 4. The van der Waals surface area contributed by atoms with E-state index in [1.54, 1.807) is 31.2 Å². The van der Waals surface area contributed by atoms with Crippen LogP contribution in [-0.2, 0) is 0 Å². The number of aromatic nitrogens is 1. The van der Waals surface area contributed by atoms with Crippen LogP contribution in [0.4, 0.5) is 5.69 Å². The summed E-state index contributed by atoms with van der Waals surface area (Å²) >= 11 is 0. The molecule has 1 aromatic heterocycles. The van der Waals surface area contributed by atoms with Gasteiger partial charge < -0.3 is 15.6 Å². The van der Waals surface area contributed by atoms with E-state index in [1.165, 1.54) is 0 Å². The fourth-order valence-corrected chi connectivity index (χ4v) is 2.42. The van der Waals surface area contributed by atoms with E-state index in [9.17, 15) is 9.59 Å². The van der Waals surface area contributed by atoms with Crippen molar-refractivity contribution in [1.29, 1.82) is 0 Å². The topological polar surface area (TPSA) is 98.2 Å². The van der Waals surface area contributed by atoms with Crippen molar-refractivity contribution in [1.82, 2.24) is 5.16 Å². The maximum atomic E-state index is 12.7. The Kier molecular flexibility index (Phi) is 4.11. The van der Waals surface area contributed by atoms with Crippen molar-refractivity contribution >= 4 is 17.5 Å². The Bertz CT molecular complexity index is 901. The summed E-state index contributed by atoms with van der Waals surface area (Å²) in [6.45, 7) is 1.66. The number of nitrogens with two attached hydrogens (primary N) is 1. The Balaban J connectivity index is 1.98. The predicted molar refractivity (Wildman–Crippen MR) is 89.6 cm³/mol. The fourth-order valence-electron chi connectivity index (χ4n) is 2.42. The summed E-state index contributed by atoms with van der Waals surface area (Å²) in [5, 5.41) is 6.68. The highest BCUT2D eigenvalue weighted by Gasteiger charge is 2.22. The first kappa shape index (κ1) is 15.5. The van der Waals surface area contributed by atoms with Gasteiger partial charge in [-0.25, -0.2) is 0 Å². The van der Waals surface area contributed by atoms with Gasteiger partial charge in [0.15, 0.2) is 0 Å². The Labute approximate surface area is 138 Å². The standard InChI is InChI=1S/C18H15N3O3/c1-11-15(16(21-24-11)12-7-3-2-4-8-12)18(23)20-14-10-6-5-9-13(14)17(19)22/h2-10H,1H3,(H2,19,22)(H,20,23). The van der Waals surface area contributed by atoms with E-state index in [0.717, 1.165) is 5.56 Å². The molecule has 6 heteroatoms. The zero-order valence-electron chi connectivity index (χ0n) is 12.9. The molecule has 3 N–H and O–H groups in total. The molecule has 2 amide bonds. The van der Waals surface area contributed by atoms with E-state index in [1.807, 2.05) is 30.3 Å². The van der Waals surface area contributed by atoms with Crippen molar-refractivity contribution < 1.29 is 14.1 Å². The highest BCUT2D eigenvalue weighted by Crippen LogP contribution is 2.26. The van der Waals surface area contributed by atoms with Crippen LogP contribution in [0.3, 0.4) is 0 Å². The van der Waals surface area contributed by atoms with E-state index in [-0.39, 0.29) is 5.56 Å². The largest absolute Gasteiger partial charge is 0.366 e. The van der Waals surface area contributed by atoms with Crippen molar-refractivity contribution in [2.75, 3.05) is 5.32 Å². The number of nitrogens with zero attached hydrogens (tertiary/aromatic N) is 1. The van der Waals surface area contributed by atoms with Crippen molar-refractivity contribution in [2.24, 2.45) is 5.73 Å². The van der Waals surface area contributed by atoms with Crippen LogP contribution in [-0.4, -0.2) is 17.0 Å². The molecule has 0 fully saturated rings. The van der Waals surface area contributed by atoms with Crippen LogP contribution < -0.4 is 11.1 Å². The molecule has 0 aliphatic heterocycles. The molecule has 0 aliphatic carbocycles. The second-order valence-electron chi connectivity index (χ2n) is 5.19. The van der Waals surface area contributed by atoms with Gasteiger partial charge in [0, 0.05) is 5.56 Å². The average molecular weight is 321 g/mol. The molecule has 3 aromatic rings. The third-order valence-electron chi connectivity index (χ3n) is 3.58. The van der Waals surface area contributed by atoms with Crippen molar-refractivity contribution in [3.05, 3.63) is 71.5 Å². The number of aryl methyl sites for hydroxylation is 1. The van der Waals surface area contributed by atoms with Gasteiger partial charge >= 0.3 is 0 Å². The molecular formula is C18H15N3O3. The number of carbonyl (C=O) groups excluding carboxylic acids is 2. The van der Waals surface area contributed by atoms with Gasteiger partial charge in [0.25, 0.3) is 11.8 Å². The molecule has 0 aliphatic rings. The number of hydrogen-bond donors (Lipinski definition) is 2. The van der Waals surface area contributed by atoms with Crippen molar-refractivity contribution in [3.63, 3.8) is 0 Å². The summed E-state index contributed by atoms with van der Waals surface area (Å²) in [7, 11) is 0. The second kappa shape index (κ2) is 6.37. The lowest BCUT2D eigenvalue weighted by atomic mass is 10.1. The van der Waals surface area contributed by atoms with Gasteiger partial charge in [-0.05, 0) is 19.1 Å². The minimum Gasteiger partial charge on any atom is -0.366 e. The summed E-state index contributed by atoms with van der Waals surface area (Å²) in [4.78, 5) is 24.2. The molecule has 6 nitrogen and oxygen atoms in total. The van der Waals surface area contributed by atoms with Crippen LogP contribution in [0.1, 0.15) is 26.5 Å². The monoisotopic (exact) mass is 321 g/mol. The molecule has 2 aromatic carbocycles. The summed E-state index contributed by atoms with van der Waals surface area (Å²) in [6.07, 6.45) is 0. The Morgan fingerprint density at radius 3 is 2.42 bits per heavy atom. The minimum absolute atomic E-state index is 0.237. The number of carbonyl (C=O) groups is 2. The summed E-state index contributed by atoms with van der Waals surface area (Å²) in [6, 6.07) is 15.8. The van der Waals surface area contributed by atoms with Gasteiger partial charge in [-0.1, -0.05) is 47.6 Å². The number of benzene rings is 2. The van der Waals surface area contributed by atoms with Gasteiger partial charge in [-0.2, -0.15) is 0 Å². The van der Waals surface area contributed by atoms with Gasteiger partial charge in [0.1, 0.15) is 17.0 Å². The van der Waals surface area contributed by atoms with E-state index in [2.05, 4.69) is 10.5 Å². The minimum atomic E-state index is -0.615. The quantitative estimate of drug-likeness (QED) is 0.771. The lowest BCUT2D eigenvalue weighted by molar-refractivity contribution is 0.100. The summed E-state index contributed by atoms with van der Waals surface area (Å²) in [5.41, 5.74) is 7.45. The fraction of sp³-hybridized carbons (Fsp3) is 0.0556. The molecule has 0 radical (unpaired) electrons. The Hall–Kier alpha value is -3.41. The lowest BCUT2D eigenvalue weighted by Gasteiger charge is -2.09. The third kappa shape index (κ3) is 2.89. The van der Waals surface area contributed by atoms with Gasteiger partial charge in [-0.15, -0.1) is 0 Å². The Morgan fingerprint density at radius 1 is 1.04 bits per heavy atom. The SMILES string of the molecule is Cc1onc(-c2ccccc2)c1C(=O)Nc1ccccc1C(N)=O. The number of nitrogens with one attached hydrogen (secondary N) is 1. The normalized spacial score (nSPS) is 10.4. The first-order valence-corrected chi connectivity index (χ1v) is 7.30. The molecule has 0 spiro atoms. The van der Waals surface area contributed by atoms with Crippen LogP contribution in [0, 0.1) is 6.92 Å². The lowest BCUT2D eigenvalue weighted by Crippen LogP contribution is -2.18. The molecular weight excluding hydrogens is 306 g/mol. The van der Waals surface area contributed by atoms with Crippen LogP contribution >= 0.6 is 0 Å². The summed E-state index contributed by atoms with van der Waals surface area (Å²) < 4.78 is 5.18. The van der Waals surface area contributed by atoms with Crippen LogP contribution in [0.25, 0.3) is 11.3 Å². The zero-order chi connectivity index (χ0) is 17.1. The highest BCUT2D eigenvalue weighted by atomic mass is 16.5. The molecule has 1 heterocycles. The first-order valence-electron chi connectivity index (χ1n) is 7.30. The first-order chi connectivity index (χ1) is 11.6. The predicted octanol–water partition coefficient (Wildman–Crippen LogP) is 3.00. The number of primary amides is 1. The molecule has 24 heavy (non-hydrogen) atoms. The van der Waals surface area contributed by atoms with Gasteiger partial charge in [0.05, 0.1) is 11.3 Å². The van der Waals surface area contributed by atoms with Crippen molar-refractivity contribution in [2.45, 2.75) is 6.92 Å². The van der Waals surface area contributed by atoms with E-state index < -0.39 is 11.8 Å². The molecule has 0 unspecified atom stereocenters. The van der Waals surface area contributed by atoms with E-state index >= 15 is 0 Å². The number of hydrogen-bond acceptors (Lipinski definition) is 4. The maximum Gasteiger partial charge on any atom is 0.261 e. The van der Waals surface area contributed by atoms with Gasteiger partial charge in [0.2, 0.25) is 0 Å². The average Bonchev–Trinajstić information content (AvgIpc) is 2.97. The molecule has 0 atom stereocenters. The van der Waals surface area contributed by atoms with Crippen LogP contribution in [0.5, 0.6) is 0 Å². The van der Waals surface area contributed by atoms with Crippen LogP contribution in [0.2, 0.25) is 0 Å². The molecule has 120 valence electrons. The second-order valence-corrected chi connectivity index (χ2v) is 5.19. The van der Waals surface area contributed by atoms with Gasteiger partial charge in [-0.3, -0.25) is 9.59 Å².